The van der Waals surface area contributed by atoms with E-state index < -0.39 is 30.4 Å². The number of aromatic nitrogens is 1. The molecule has 2 aromatic carbocycles. The standard InChI is InChI=1S/C20H20FNO4/c21-15-8-4-7-14-13(9-12-5-2-1-3-6-12)10-22(17(14)15)20-19(25)18(24)16(23)11-26-20/h1-8,10,16,18-20,23-25H,9,11H2/t16-,18+,19-,20-/m1/s1. The Morgan fingerprint density at radius 1 is 1.00 bits per heavy atom. The zero-order valence-corrected chi connectivity index (χ0v) is 14.0. The predicted octanol–water partition coefficient (Wildman–Crippen LogP) is 1.98. The van der Waals surface area contributed by atoms with Crippen LogP contribution in [0.25, 0.3) is 10.9 Å². The number of hydrogen-bond donors (Lipinski definition) is 3. The van der Waals surface area contributed by atoms with Crippen molar-refractivity contribution in [1.29, 1.82) is 0 Å². The highest BCUT2D eigenvalue weighted by molar-refractivity contribution is 5.85. The monoisotopic (exact) mass is 357 g/mol. The van der Waals surface area contributed by atoms with Crippen molar-refractivity contribution in [2.75, 3.05) is 6.61 Å². The van der Waals surface area contributed by atoms with Crippen LogP contribution in [0.5, 0.6) is 0 Å². The third-order valence-electron chi connectivity index (χ3n) is 4.87. The van der Waals surface area contributed by atoms with E-state index in [4.69, 9.17) is 4.74 Å². The molecule has 4 rings (SSSR count). The van der Waals surface area contributed by atoms with Crippen LogP contribution in [-0.2, 0) is 11.2 Å². The van der Waals surface area contributed by atoms with Gasteiger partial charge in [-0.05, 0) is 23.6 Å². The molecule has 0 spiro atoms. The molecule has 6 heteroatoms. The van der Waals surface area contributed by atoms with E-state index in [9.17, 15) is 19.7 Å². The van der Waals surface area contributed by atoms with Crippen molar-refractivity contribution in [3.05, 3.63) is 71.7 Å². The van der Waals surface area contributed by atoms with Crippen LogP contribution in [0.4, 0.5) is 4.39 Å². The minimum Gasteiger partial charge on any atom is -0.388 e. The van der Waals surface area contributed by atoms with E-state index in [-0.39, 0.29) is 6.61 Å². The maximum atomic E-state index is 14.6. The summed E-state index contributed by atoms with van der Waals surface area (Å²) in [6, 6.07) is 14.6. The number of fused-ring (bicyclic) bond motifs is 1. The summed E-state index contributed by atoms with van der Waals surface area (Å²) in [6.45, 7) is -0.134. The summed E-state index contributed by atoms with van der Waals surface area (Å²) in [6.07, 6.45) is -2.51. The van der Waals surface area contributed by atoms with Gasteiger partial charge in [-0.2, -0.15) is 0 Å². The van der Waals surface area contributed by atoms with Crippen LogP contribution in [0.1, 0.15) is 17.4 Å². The van der Waals surface area contributed by atoms with E-state index >= 15 is 0 Å². The Hall–Kier alpha value is -2.25. The zero-order valence-electron chi connectivity index (χ0n) is 14.0. The van der Waals surface area contributed by atoms with E-state index in [1.807, 2.05) is 36.4 Å². The van der Waals surface area contributed by atoms with Gasteiger partial charge in [0.05, 0.1) is 12.1 Å². The van der Waals surface area contributed by atoms with Crippen LogP contribution >= 0.6 is 0 Å². The molecule has 0 saturated carbocycles. The second kappa shape index (κ2) is 6.81. The molecule has 0 bridgehead atoms. The Labute approximate surface area is 149 Å². The average molecular weight is 357 g/mol. The minimum absolute atomic E-state index is 0.134. The summed E-state index contributed by atoms with van der Waals surface area (Å²) < 4.78 is 21.6. The molecule has 0 aliphatic carbocycles. The lowest BCUT2D eigenvalue weighted by atomic mass is 10.0. The number of rotatable bonds is 3. The van der Waals surface area contributed by atoms with Gasteiger partial charge in [0, 0.05) is 11.6 Å². The highest BCUT2D eigenvalue weighted by Crippen LogP contribution is 2.33. The zero-order chi connectivity index (χ0) is 18.3. The largest absolute Gasteiger partial charge is 0.388 e. The number of benzene rings is 2. The molecule has 1 aliphatic rings. The molecule has 3 aromatic rings. The van der Waals surface area contributed by atoms with Gasteiger partial charge in [-0.1, -0.05) is 42.5 Å². The summed E-state index contributed by atoms with van der Waals surface area (Å²) in [5.74, 6) is -0.432. The van der Waals surface area contributed by atoms with Crippen molar-refractivity contribution in [1.82, 2.24) is 4.57 Å². The van der Waals surface area contributed by atoms with Crippen LogP contribution in [0, 0.1) is 5.82 Å². The first-order valence-electron chi connectivity index (χ1n) is 8.54. The quantitative estimate of drug-likeness (QED) is 0.670. The number of halogens is 1. The molecule has 0 radical (unpaired) electrons. The van der Waals surface area contributed by atoms with Crippen molar-refractivity contribution < 1.29 is 24.4 Å². The second-order valence-corrected chi connectivity index (χ2v) is 6.63. The lowest BCUT2D eigenvalue weighted by Crippen LogP contribution is -2.50. The van der Waals surface area contributed by atoms with Gasteiger partial charge in [-0.3, -0.25) is 0 Å². The number of aliphatic hydroxyl groups is 3. The summed E-state index contributed by atoms with van der Waals surface area (Å²) in [4.78, 5) is 0. The van der Waals surface area contributed by atoms with Gasteiger partial charge in [0.2, 0.25) is 0 Å². The molecule has 0 unspecified atom stereocenters. The smallest absolute Gasteiger partial charge is 0.162 e. The first-order chi connectivity index (χ1) is 12.6. The first kappa shape index (κ1) is 17.2. The summed E-state index contributed by atoms with van der Waals surface area (Å²) in [5.41, 5.74) is 2.28. The molecule has 4 atom stereocenters. The van der Waals surface area contributed by atoms with E-state index in [1.54, 1.807) is 12.3 Å². The lowest BCUT2D eigenvalue weighted by Gasteiger charge is -2.36. The van der Waals surface area contributed by atoms with Gasteiger partial charge in [-0.25, -0.2) is 4.39 Å². The summed E-state index contributed by atoms with van der Waals surface area (Å²) in [5, 5.41) is 30.7. The number of ether oxygens (including phenoxy) is 1. The molecule has 2 heterocycles. The Morgan fingerprint density at radius 3 is 2.54 bits per heavy atom. The van der Waals surface area contributed by atoms with Gasteiger partial charge in [0.15, 0.2) is 6.23 Å². The number of hydrogen-bond acceptors (Lipinski definition) is 4. The Bertz CT molecular complexity index is 911. The molecule has 3 N–H and O–H groups in total. The van der Waals surface area contributed by atoms with Gasteiger partial charge in [0.25, 0.3) is 0 Å². The number of aliphatic hydroxyl groups excluding tert-OH is 3. The van der Waals surface area contributed by atoms with Crippen LogP contribution in [0.3, 0.4) is 0 Å². The van der Waals surface area contributed by atoms with E-state index in [1.165, 1.54) is 10.6 Å². The van der Waals surface area contributed by atoms with Gasteiger partial charge in [-0.15, -0.1) is 0 Å². The van der Waals surface area contributed by atoms with E-state index in [2.05, 4.69) is 0 Å². The van der Waals surface area contributed by atoms with Gasteiger partial charge >= 0.3 is 0 Å². The van der Waals surface area contributed by atoms with E-state index in [0.717, 1.165) is 16.5 Å². The van der Waals surface area contributed by atoms with Crippen LogP contribution in [0.2, 0.25) is 0 Å². The van der Waals surface area contributed by atoms with Crippen molar-refractivity contribution in [3.63, 3.8) is 0 Å². The second-order valence-electron chi connectivity index (χ2n) is 6.63. The molecular weight excluding hydrogens is 337 g/mol. The summed E-state index contributed by atoms with van der Waals surface area (Å²) >= 11 is 0. The number of para-hydroxylation sites is 1. The van der Waals surface area contributed by atoms with E-state index in [0.29, 0.717) is 11.9 Å². The number of nitrogens with zero attached hydrogens (tertiary/aromatic N) is 1. The maximum Gasteiger partial charge on any atom is 0.162 e. The van der Waals surface area contributed by atoms with Crippen molar-refractivity contribution in [2.24, 2.45) is 0 Å². The topological polar surface area (TPSA) is 74.9 Å². The molecule has 26 heavy (non-hydrogen) atoms. The van der Waals surface area contributed by atoms with Crippen LogP contribution in [-0.4, -0.2) is 44.8 Å². The van der Waals surface area contributed by atoms with Crippen molar-refractivity contribution in [3.8, 4) is 0 Å². The van der Waals surface area contributed by atoms with Gasteiger partial charge in [0.1, 0.15) is 24.1 Å². The Morgan fingerprint density at radius 2 is 1.77 bits per heavy atom. The first-order valence-corrected chi connectivity index (χ1v) is 8.54. The molecule has 0 amide bonds. The maximum absolute atomic E-state index is 14.6. The molecular formula is C20H20FNO4. The molecule has 136 valence electrons. The SMILES string of the molecule is O[C@@H]1[C@@H](O)[C@H](n2cc(Cc3ccccc3)c3cccc(F)c32)OC[C@H]1O. The average Bonchev–Trinajstić information content (AvgIpc) is 3.00. The van der Waals surface area contributed by atoms with Crippen LogP contribution in [0.15, 0.2) is 54.7 Å². The highest BCUT2D eigenvalue weighted by Gasteiger charge is 2.39. The fraction of sp³-hybridized carbons (Fsp3) is 0.300. The van der Waals surface area contributed by atoms with Crippen LogP contribution < -0.4 is 0 Å². The lowest BCUT2D eigenvalue weighted by molar-refractivity contribution is -0.209. The Kier molecular flexibility index (Phi) is 4.50. The fourth-order valence-corrected chi connectivity index (χ4v) is 3.53. The van der Waals surface area contributed by atoms with Crippen molar-refractivity contribution in [2.45, 2.75) is 31.0 Å². The fourth-order valence-electron chi connectivity index (χ4n) is 3.53. The molecule has 5 nitrogen and oxygen atoms in total. The predicted molar refractivity (Wildman–Crippen MR) is 94.2 cm³/mol. The Balaban J connectivity index is 1.80. The summed E-state index contributed by atoms with van der Waals surface area (Å²) in [7, 11) is 0. The minimum atomic E-state index is -1.36. The van der Waals surface area contributed by atoms with Gasteiger partial charge < -0.3 is 24.6 Å². The normalized spacial score (nSPS) is 26.3. The highest BCUT2D eigenvalue weighted by atomic mass is 19.1. The molecule has 1 saturated heterocycles. The van der Waals surface area contributed by atoms with Crippen molar-refractivity contribution >= 4 is 10.9 Å². The third kappa shape index (κ3) is 2.91. The molecule has 1 aromatic heterocycles. The molecule has 1 fully saturated rings. The molecule has 1 aliphatic heterocycles. The third-order valence-corrected chi connectivity index (χ3v) is 4.87.